The van der Waals surface area contributed by atoms with E-state index in [1.54, 1.807) is 0 Å². The van der Waals surface area contributed by atoms with Crippen molar-refractivity contribution in [2.24, 2.45) is 0 Å². The van der Waals surface area contributed by atoms with Crippen LogP contribution in [0.5, 0.6) is 0 Å². The van der Waals surface area contributed by atoms with Crippen LogP contribution < -0.4 is 0 Å². The highest BCUT2D eigenvalue weighted by molar-refractivity contribution is 5.71. The molecule has 0 radical (unpaired) electrons. The molecule has 0 aliphatic heterocycles. The summed E-state index contributed by atoms with van der Waals surface area (Å²) in [5, 5.41) is 0. The third-order valence-electron chi connectivity index (χ3n) is 8.81. The monoisotopic (exact) mass is 777 g/mol. The first-order valence-electron chi connectivity index (χ1n) is 22.2. The summed E-state index contributed by atoms with van der Waals surface area (Å²) in [6, 6.07) is 0. The van der Waals surface area contributed by atoms with Gasteiger partial charge in [-0.05, 0) is 96.3 Å². The van der Waals surface area contributed by atoms with E-state index in [4.69, 9.17) is 14.2 Å². The number of unbranched alkanes of at least 4 members (excludes halogenated alkanes) is 11. The molecule has 0 rings (SSSR count). The fourth-order valence-corrected chi connectivity index (χ4v) is 5.45. The molecule has 1 unspecified atom stereocenters. The fraction of sp³-hybridized carbons (Fsp3) is 0.620. The predicted molar refractivity (Wildman–Crippen MR) is 237 cm³/mol. The van der Waals surface area contributed by atoms with Crippen LogP contribution in [0.25, 0.3) is 0 Å². The van der Waals surface area contributed by atoms with Crippen LogP contribution in [0, 0.1) is 0 Å². The smallest absolute Gasteiger partial charge is 0.306 e. The van der Waals surface area contributed by atoms with Crippen LogP contribution in [0.2, 0.25) is 0 Å². The van der Waals surface area contributed by atoms with E-state index in [9.17, 15) is 14.4 Å². The summed E-state index contributed by atoms with van der Waals surface area (Å²) in [5.74, 6) is -1.07. The Morgan fingerprint density at radius 3 is 1.29 bits per heavy atom. The zero-order valence-corrected chi connectivity index (χ0v) is 35.9. The van der Waals surface area contributed by atoms with Gasteiger partial charge in [-0.2, -0.15) is 0 Å². The van der Waals surface area contributed by atoms with Gasteiger partial charge in [0, 0.05) is 19.3 Å². The highest BCUT2D eigenvalue weighted by Gasteiger charge is 2.19. The molecule has 0 amide bonds. The molecule has 316 valence electrons. The molecule has 0 heterocycles. The van der Waals surface area contributed by atoms with Gasteiger partial charge in [-0.15, -0.1) is 0 Å². The molecule has 0 saturated carbocycles. The van der Waals surface area contributed by atoms with Gasteiger partial charge in [0.1, 0.15) is 13.2 Å². The second kappa shape index (κ2) is 44.0. The van der Waals surface area contributed by atoms with E-state index in [-0.39, 0.29) is 44.0 Å². The van der Waals surface area contributed by atoms with Gasteiger partial charge in [0.25, 0.3) is 0 Å². The molecule has 0 aromatic heterocycles. The fourth-order valence-electron chi connectivity index (χ4n) is 5.45. The van der Waals surface area contributed by atoms with Crippen molar-refractivity contribution in [3.8, 4) is 0 Å². The molecule has 0 aliphatic carbocycles. The van der Waals surface area contributed by atoms with Crippen molar-refractivity contribution in [3.63, 3.8) is 0 Å². The summed E-state index contributed by atoms with van der Waals surface area (Å²) >= 11 is 0. The number of carbonyl (C=O) groups excluding carboxylic acids is 3. The number of hydrogen-bond acceptors (Lipinski definition) is 6. The van der Waals surface area contributed by atoms with Gasteiger partial charge in [0.05, 0.1) is 0 Å². The number of carbonyl (C=O) groups is 3. The minimum Gasteiger partial charge on any atom is -0.462 e. The maximum absolute atomic E-state index is 12.6. The predicted octanol–water partition coefficient (Wildman–Crippen LogP) is 14.2. The Hall–Kier alpha value is -3.67. The molecule has 0 bridgehead atoms. The number of allylic oxidation sites excluding steroid dienone is 16. The Labute approximate surface area is 343 Å². The molecular weight excluding hydrogens is 697 g/mol. The van der Waals surface area contributed by atoms with Crippen molar-refractivity contribution in [2.45, 2.75) is 187 Å². The van der Waals surface area contributed by atoms with Crippen molar-refractivity contribution in [1.29, 1.82) is 0 Å². The van der Waals surface area contributed by atoms with E-state index < -0.39 is 6.10 Å². The summed E-state index contributed by atoms with van der Waals surface area (Å²) in [6.07, 6.45) is 57.0. The molecule has 0 N–H and O–H groups in total. The molecule has 0 aromatic rings. The number of ether oxygens (including phenoxy) is 3. The molecule has 56 heavy (non-hydrogen) atoms. The quantitative estimate of drug-likeness (QED) is 0.0269. The van der Waals surface area contributed by atoms with Crippen molar-refractivity contribution in [2.75, 3.05) is 13.2 Å². The van der Waals surface area contributed by atoms with Crippen LogP contribution >= 0.6 is 0 Å². The maximum atomic E-state index is 12.6. The van der Waals surface area contributed by atoms with Gasteiger partial charge in [-0.1, -0.05) is 163 Å². The highest BCUT2D eigenvalue weighted by Crippen LogP contribution is 2.10. The van der Waals surface area contributed by atoms with Crippen LogP contribution in [-0.2, 0) is 28.6 Å². The first-order chi connectivity index (χ1) is 27.5. The van der Waals surface area contributed by atoms with Crippen LogP contribution in [0.1, 0.15) is 181 Å². The summed E-state index contributed by atoms with van der Waals surface area (Å²) in [5.41, 5.74) is 0. The molecule has 0 aliphatic rings. The van der Waals surface area contributed by atoms with Crippen LogP contribution in [0.4, 0.5) is 0 Å². The minimum atomic E-state index is -0.822. The van der Waals surface area contributed by atoms with Gasteiger partial charge >= 0.3 is 17.9 Å². The maximum Gasteiger partial charge on any atom is 0.306 e. The second-order valence-corrected chi connectivity index (χ2v) is 14.2. The first kappa shape index (κ1) is 52.3. The topological polar surface area (TPSA) is 78.9 Å². The molecule has 0 spiro atoms. The van der Waals surface area contributed by atoms with E-state index in [1.807, 2.05) is 12.2 Å². The first-order valence-corrected chi connectivity index (χ1v) is 22.2. The van der Waals surface area contributed by atoms with Gasteiger partial charge in [-0.25, -0.2) is 0 Å². The van der Waals surface area contributed by atoms with E-state index in [2.05, 4.69) is 106 Å². The lowest BCUT2D eigenvalue weighted by molar-refractivity contribution is -0.166. The lowest BCUT2D eigenvalue weighted by atomic mass is 10.1. The Bertz CT molecular complexity index is 1170. The standard InChI is InChI=1S/C50H80O6/c1-4-7-10-13-16-19-21-22-23-24-25-26-27-28-29-32-34-37-40-43-49(52)55-46-47(45-54-48(51)42-39-36-33-30-18-15-12-9-6-3)56-50(53)44-41-38-35-31-20-17-14-11-8-5-2/h7,10,14,16-17,19,22-23,25-26,28-30,33-34,37,47H,4-6,8-9,11-13,15,18,20-21,24,27,31-32,35-36,38-46H2,1-3H3/b10-7-,17-14-,19-16-,23-22-,26-25-,29-28-,33-30-,37-34-. The van der Waals surface area contributed by atoms with E-state index in [0.717, 1.165) is 89.9 Å². The van der Waals surface area contributed by atoms with Crippen molar-refractivity contribution in [1.82, 2.24) is 0 Å². The van der Waals surface area contributed by atoms with Gasteiger partial charge in [0.15, 0.2) is 6.10 Å². The third-order valence-corrected chi connectivity index (χ3v) is 8.81. The molecule has 6 heteroatoms. The van der Waals surface area contributed by atoms with Gasteiger partial charge < -0.3 is 14.2 Å². The zero-order chi connectivity index (χ0) is 40.8. The SMILES string of the molecule is CC/C=C\C/C=C\C/C=C\C/C=C\C/C=C\C/C=C\CCC(=O)OCC(COC(=O)CCC/C=C\CCCCCC)OC(=O)CCCCCC/C=C\CCCC. The molecular formula is C50H80O6. The van der Waals surface area contributed by atoms with Crippen LogP contribution in [0.3, 0.4) is 0 Å². The third kappa shape index (κ3) is 41.5. The molecule has 6 nitrogen and oxygen atoms in total. The molecule has 0 aromatic carbocycles. The van der Waals surface area contributed by atoms with Crippen LogP contribution in [0.15, 0.2) is 97.2 Å². The number of hydrogen-bond donors (Lipinski definition) is 0. The Morgan fingerprint density at radius 1 is 0.375 bits per heavy atom. The Kier molecular flexibility index (Phi) is 41.2. The second-order valence-electron chi connectivity index (χ2n) is 14.2. The van der Waals surface area contributed by atoms with Crippen molar-refractivity contribution >= 4 is 17.9 Å². The number of esters is 3. The average Bonchev–Trinajstić information content (AvgIpc) is 3.19. The minimum absolute atomic E-state index is 0.122. The summed E-state index contributed by atoms with van der Waals surface area (Å²) < 4.78 is 16.5. The lowest BCUT2D eigenvalue weighted by Gasteiger charge is -2.18. The zero-order valence-electron chi connectivity index (χ0n) is 35.9. The van der Waals surface area contributed by atoms with E-state index >= 15 is 0 Å². The summed E-state index contributed by atoms with van der Waals surface area (Å²) in [7, 11) is 0. The molecule has 0 saturated heterocycles. The van der Waals surface area contributed by atoms with Crippen molar-refractivity contribution < 1.29 is 28.6 Å². The normalized spacial score (nSPS) is 13.0. The molecule has 1 atom stereocenters. The Morgan fingerprint density at radius 2 is 0.768 bits per heavy atom. The lowest BCUT2D eigenvalue weighted by Crippen LogP contribution is -2.30. The summed E-state index contributed by atoms with van der Waals surface area (Å²) in [6.45, 7) is 6.30. The average molecular weight is 777 g/mol. The molecule has 0 fully saturated rings. The van der Waals surface area contributed by atoms with Crippen LogP contribution in [-0.4, -0.2) is 37.2 Å². The van der Waals surface area contributed by atoms with E-state index in [1.165, 1.54) is 38.5 Å². The van der Waals surface area contributed by atoms with Crippen molar-refractivity contribution in [3.05, 3.63) is 97.2 Å². The highest BCUT2D eigenvalue weighted by atomic mass is 16.6. The number of rotatable bonds is 38. The largest absolute Gasteiger partial charge is 0.462 e. The van der Waals surface area contributed by atoms with Gasteiger partial charge in [0.2, 0.25) is 0 Å². The Balaban J connectivity index is 4.50. The van der Waals surface area contributed by atoms with Gasteiger partial charge in [-0.3, -0.25) is 14.4 Å². The summed E-state index contributed by atoms with van der Waals surface area (Å²) in [4.78, 5) is 37.6. The van der Waals surface area contributed by atoms with E-state index in [0.29, 0.717) is 19.3 Å².